The van der Waals surface area contributed by atoms with Gasteiger partial charge in [-0.25, -0.2) is 18.7 Å². The van der Waals surface area contributed by atoms with Gasteiger partial charge in [-0.1, -0.05) is 30.3 Å². The van der Waals surface area contributed by atoms with Crippen molar-refractivity contribution < 1.29 is 8.78 Å². The number of pyridine rings is 1. The monoisotopic (exact) mass is 414 g/mol. The van der Waals surface area contributed by atoms with Gasteiger partial charge in [0.1, 0.15) is 12.1 Å². The third-order valence-corrected chi connectivity index (χ3v) is 5.17. The molecule has 0 saturated carbocycles. The molecule has 0 amide bonds. The maximum absolute atomic E-state index is 14.4. The van der Waals surface area contributed by atoms with Crippen LogP contribution in [0.2, 0.25) is 0 Å². The van der Waals surface area contributed by atoms with Gasteiger partial charge in [0.15, 0.2) is 11.6 Å². The van der Waals surface area contributed by atoms with Gasteiger partial charge in [-0.15, -0.1) is 0 Å². The first-order valence-electron chi connectivity index (χ1n) is 9.64. The van der Waals surface area contributed by atoms with Crippen molar-refractivity contribution in [2.45, 2.75) is 6.54 Å². The minimum Gasteiger partial charge on any atom is -0.321 e. The molecular formula is C24H16F2N4O. The second kappa shape index (κ2) is 7.60. The molecule has 2 heterocycles. The minimum absolute atomic E-state index is 0.150. The average molecular weight is 414 g/mol. The van der Waals surface area contributed by atoms with E-state index in [0.29, 0.717) is 16.8 Å². The average Bonchev–Trinajstić information content (AvgIpc) is 2.80. The van der Waals surface area contributed by atoms with E-state index >= 15 is 0 Å². The van der Waals surface area contributed by atoms with Crippen molar-refractivity contribution in [2.24, 2.45) is 0 Å². The van der Waals surface area contributed by atoms with E-state index in [2.05, 4.69) is 15.0 Å². The van der Waals surface area contributed by atoms with Crippen LogP contribution in [0.1, 0.15) is 5.56 Å². The summed E-state index contributed by atoms with van der Waals surface area (Å²) < 4.78 is 28.1. The van der Waals surface area contributed by atoms with Crippen LogP contribution in [0.25, 0.3) is 21.8 Å². The van der Waals surface area contributed by atoms with E-state index in [4.69, 9.17) is 0 Å². The highest BCUT2D eigenvalue weighted by molar-refractivity contribution is 5.92. The summed E-state index contributed by atoms with van der Waals surface area (Å²) in [6.45, 7) is 0.219. The maximum atomic E-state index is 14.4. The van der Waals surface area contributed by atoms with Crippen LogP contribution in [0, 0.1) is 11.6 Å². The Morgan fingerprint density at radius 2 is 1.65 bits per heavy atom. The smallest absolute Gasteiger partial charge is 0.248 e. The van der Waals surface area contributed by atoms with Crippen molar-refractivity contribution in [1.29, 1.82) is 0 Å². The van der Waals surface area contributed by atoms with Crippen molar-refractivity contribution in [3.8, 4) is 0 Å². The largest absolute Gasteiger partial charge is 0.321 e. The van der Waals surface area contributed by atoms with Crippen molar-refractivity contribution >= 4 is 33.3 Å². The van der Waals surface area contributed by atoms with E-state index in [1.165, 1.54) is 18.5 Å². The zero-order chi connectivity index (χ0) is 21.4. The second-order valence-electron chi connectivity index (χ2n) is 7.08. The lowest BCUT2D eigenvalue weighted by molar-refractivity contribution is 0.515. The molecule has 5 aromatic rings. The normalized spacial score (nSPS) is 11.2. The molecule has 0 aliphatic heterocycles. The fourth-order valence-electron chi connectivity index (χ4n) is 3.74. The Hall–Kier alpha value is -4.13. The van der Waals surface area contributed by atoms with Crippen molar-refractivity contribution in [3.63, 3.8) is 0 Å². The Bertz CT molecular complexity index is 1460. The predicted octanol–water partition coefficient (Wildman–Crippen LogP) is 5.09. The highest BCUT2D eigenvalue weighted by Gasteiger charge is 2.18. The Kier molecular flexibility index (Phi) is 4.63. The van der Waals surface area contributed by atoms with Crippen LogP contribution in [0.5, 0.6) is 0 Å². The first-order chi connectivity index (χ1) is 15.1. The van der Waals surface area contributed by atoms with Crippen LogP contribution in [-0.2, 0) is 6.54 Å². The van der Waals surface area contributed by atoms with Gasteiger partial charge in [0.25, 0.3) is 0 Å². The molecule has 5 nitrogen and oxygen atoms in total. The number of hydrogen-bond donors (Lipinski definition) is 1. The first-order valence-corrected chi connectivity index (χ1v) is 9.64. The molecule has 3 aromatic carbocycles. The third-order valence-electron chi connectivity index (χ3n) is 5.17. The lowest BCUT2D eigenvalue weighted by atomic mass is 10.1. The van der Waals surface area contributed by atoms with E-state index in [-0.39, 0.29) is 12.1 Å². The van der Waals surface area contributed by atoms with E-state index < -0.39 is 17.2 Å². The fourth-order valence-corrected chi connectivity index (χ4v) is 3.74. The summed E-state index contributed by atoms with van der Waals surface area (Å²) in [5.41, 5.74) is 1.50. The van der Waals surface area contributed by atoms with Gasteiger partial charge >= 0.3 is 0 Å². The van der Waals surface area contributed by atoms with Crippen molar-refractivity contribution in [2.75, 3.05) is 4.90 Å². The van der Waals surface area contributed by atoms with Crippen LogP contribution in [0.4, 0.5) is 20.3 Å². The zero-order valence-corrected chi connectivity index (χ0v) is 16.2. The molecule has 7 heteroatoms. The quantitative estimate of drug-likeness (QED) is 0.445. The van der Waals surface area contributed by atoms with Gasteiger partial charge in [0.2, 0.25) is 5.56 Å². The van der Waals surface area contributed by atoms with Gasteiger partial charge in [0.05, 0.1) is 17.6 Å². The highest BCUT2D eigenvalue weighted by Crippen LogP contribution is 2.32. The lowest BCUT2D eigenvalue weighted by Gasteiger charge is -2.25. The Morgan fingerprint density at radius 1 is 0.871 bits per heavy atom. The molecule has 1 N–H and O–H groups in total. The number of para-hydroxylation sites is 2. The maximum Gasteiger partial charge on any atom is 0.248 e. The summed E-state index contributed by atoms with van der Waals surface area (Å²) in [5.74, 6) is -1.44. The van der Waals surface area contributed by atoms with Crippen LogP contribution < -0.4 is 10.5 Å². The fraction of sp³-hybridized carbons (Fsp3) is 0.0417. The second-order valence-corrected chi connectivity index (χ2v) is 7.08. The summed E-state index contributed by atoms with van der Waals surface area (Å²) in [7, 11) is 0. The van der Waals surface area contributed by atoms with Gasteiger partial charge in [-0.05, 0) is 42.0 Å². The molecule has 5 rings (SSSR count). The molecule has 0 aliphatic rings. The molecule has 0 saturated heterocycles. The summed E-state index contributed by atoms with van der Waals surface area (Å²) in [6, 6.07) is 21.1. The topological polar surface area (TPSA) is 61.9 Å². The van der Waals surface area contributed by atoms with E-state index in [1.54, 1.807) is 0 Å². The Labute approximate surface area is 175 Å². The number of aromatic amines is 1. The number of anilines is 2. The van der Waals surface area contributed by atoms with Crippen LogP contribution in [0.15, 0.2) is 83.9 Å². The lowest BCUT2D eigenvalue weighted by Crippen LogP contribution is -2.20. The molecule has 2 aromatic heterocycles. The van der Waals surface area contributed by atoms with Crippen LogP contribution in [-0.4, -0.2) is 15.0 Å². The van der Waals surface area contributed by atoms with Gasteiger partial charge in [0, 0.05) is 22.5 Å². The molecule has 0 spiro atoms. The number of rotatable bonds is 4. The number of nitrogens with one attached hydrogen (secondary N) is 1. The summed E-state index contributed by atoms with van der Waals surface area (Å²) >= 11 is 0. The highest BCUT2D eigenvalue weighted by atomic mass is 19.2. The van der Waals surface area contributed by atoms with Gasteiger partial charge < -0.3 is 9.88 Å². The molecule has 0 atom stereocenters. The van der Waals surface area contributed by atoms with E-state index in [9.17, 15) is 13.6 Å². The number of nitrogens with zero attached hydrogens (tertiary/aromatic N) is 3. The number of halogens is 2. The molecule has 0 fully saturated rings. The number of fused-ring (bicyclic) bond motifs is 2. The summed E-state index contributed by atoms with van der Waals surface area (Å²) in [5, 5.41) is 1.26. The standard InChI is InChI=1S/C24H16F2N4O/c25-19-11-10-17-15(12-21(31)29-23(17)22(19)26)13-30(16-6-2-1-3-7-16)24-18-8-4-5-9-20(18)27-14-28-24/h1-12,14H,13H2,(H,29,31). The molecule has 0 aliphatic carbocycles. The van der Waals surface area contributed by atoms with E-state index in [0.717, 1.165) is 22.7 Å². The molecular weight excluding hydrogens is 398 g/mol. The third kappa shape index (κ3) is 3.40. The molecule has 152 valence electrons. The molecule has 0 radical (unpaired) electrons. The zero-order valence-electron chi connectivity index (χ0n) is 16.2. The van der Waals surface area contributed by atoms with Crippen molar-refractivity contribution in [3.05, 3.63) is 107 Å². The number of benzene rings is 3. The number of aromatic nitrogens is 3. The van der Waals surface area contributed by atoms with Gasteiger partial charge in [-0.3, -0.25) is 4.79 Å². The van der Waals surface area contributed by atoms with Crippen LogP contribution in [0.3, 0.4) is 0 Å². The Morgan fingerprint density at radius 3 is 2.48 bits per heavy atom. The minimum atomic E-state index is -1.07. The summed E-state index contributed by atoms with van der Waals surface area (Å²) in [6.07, 6.45) is 1.48. The number of hydrogen-bond acceptors (Lipinski definition) is 4. The van der Waals surface area contributed by atoms with Crippen LogP contribution >= 0.6 is 0 Å². The molecule has 31 heavy (non-hydrogen) atoms. The van der Waals surface area contributed by atoms with Crippen molar-refractivity contribution in [1.82, 2.24) is 15.0 Å². The van der Waals surface area contributed by atoms with E-state index in [1.807, 2.05) is 59.5 Å². The molecule has 0 bridgehead atoms. The SMILES string of the molecule is O=c1cc(CN(c2ccccc2)c2ncnc3ccccc23)c2ccc(F)c(F)c2[nH]1. The summed E-state index contributed by atoms with van der Waals surface area (Å²) in [4.78, 5) is 25.4. The number of H-pyrrole nitrogens is 1. The Balaban J connectivity index is 1.73. The first kappa shape index (κ1) is 18.9. The molecule has 0 unspecified atom stereocenters. The van der Waals surface area contributed by atoms with Gasteiger partial charge in [-0.2, -0.15) is 0 Å². The predicted molar refractivity (Wildman–Crippen MR) is 116 cm³/mol.